The van der Waals surface area contributed by atoms with E-state index in [-0.39, 0.29) is 11.0 Å². The van der Waals surface area contributed by atoms with Gasteiger partial charge in [0.15, 0.2) is 0 Å². The van der Waals surface area contributed by atoms with Crippen LogP contribution >= 0.6 is 0 Å². The molecule has 1 aliphatic rings. The molecule has 2 heteroatoms. The molecule has 2 atom stereocenters. The Morgan fingerprint density at radius 3 is 2.50 bits per heavy atom. The van der Waals surface area contributed by atoms with Crippen molar-refractivity contribution in [1.82, 2.24) is 4.90 Å². The van der Waals surface area contributed by atoms with Crippen LogP contribution in [-0.4, -0.2) is 29.6 Å². The van der Waals surface area contributed by atoms with E-state index in [0.29, 0.717) is 6.04 Å². The number of nitrogens with two attached hydrogens (primary N) is 1. The van der Waals surface area contributed by atoms with Crippen molar-refractivity contribution in [3.63, 3.8) is 0 Å². The summed E-state index contributed by atoms with van der Waals surface area (Å²) < 4.78 is 0. The fourth-order valence-corrected chi connectivity index (χ4v) is 2.62. The van der Waals surface area contributed by atoms with Crippen molar-refractivity contribution in [2.24, 2.45) is 11.1 Å². The quantitative estimate of drug-likeness (QED) is 0.744. The molecule has 0 aromatic rings. The summed E-state index contributed by atoms with van der Waals surface area (Å²) in [6.07, 6.45) is 5.72. The molecule has 0 heterocycles. The van der Waals surface area contributed by atoms with E-state index in [1.165, 1.54) is 19.3 Å². The van der Waals surface area contributed by atoms with Gasteiger partial charge >= 0.3 is 0 Å². The third kappa shape index (κ3) is 3.08. The summed E-state index contributed by atoms with van der Waals surface area (Å²) in [7, 11) is 0. The van der Waals surface area contributed by atoms with Gasteiger partial charge in [0, 0.05) is 24.7 Å². The van der Waals surface area contributed by atoms with Crippen molar-refractivity contribution >= 4 is 0 Å². The van der Waals surface area contributed by atoms with Gasteiger partial charge in [0.1, 0.15) is 0 Å². The van der Waals surface area contributed by atoms with Gasteiger partial charge < -0.3 is 5.73 Å². The molecule has 1 aliphatic carbocycles. The highest BCUT2D eigenvalue weighted by Gasteiger charge is 2.39. The smallest absolute Gasteiger partial charge is 0.0166 e. The Kier molecular flexibility index (Phi) is 4.19. The molecule has 2 unspecified atom stereocenters. The van der Waals surface area contributed by atoms with Crippen molar-refractivity contribution in [2.45, 2.75) is 58.5 Å². The Bertz CT molecular complexity index is 242. The molecule has 2 nitrogen and oxygen atoms in total. The van der Waals surface area contributed by atoms with Gasteiger partial charge in [0.25, 0.3) is 0 Å². The lowest BCUT2D eigenvalue weighted by molar-refractivity contribution is 0.0843. The average molecular weight is 224 g/mol. The first-order valence-electron chi connectivity index (χ1n) is 6.41. The summed E-state index contributed by atoms with van der Waals surface area (Å²) in [4.78, 5) is 2.49. The Morgan fingerprint density at radius 1 is 1.50 bits per heavy atom. The van der Waals surface area contributed by atoms with E-state index in [9.17, 15) is 0 Å². The van der Waals surface area contributed by atoms with E-state index in [4.69, 9.17) is 5.73 Å². The second kappa shape index (κ2) is 4.89. The van der Waals surface area contributed by atoms with Gasteiger partial charge in [-0.05, 0) is 39.0 Å². The van der Waals surface area contributed by atoms with Crippen molar-refractivity contribution in [3.05, 3.63) is 12.7 Å². The molecule has 0 spiro atoms. The lowest BCUT2D eigenvalue weighted by atomic mass is 9.83. The number of rotatable bonds is 4. The highest BCUT2D eigenvalue weighted by atomic mass is 15.2. The molecular weight excluding hydrogens is 196 g/mol. The van der Waals surface area contributed by atoms with Gasteiger partial charge in [0.2, 0.25) is 0 Å². The number of nitrogens with zero attached hydrogens (tertiary/aromatic N) is 1. The van der Waals surface area contributed by atoms with E-state index >= 15 is 0 Å². The Labute approximate surface area is 101 Å². The van der Waals surface area contributed by atoms with Crippen LogP contribution in [0.3, 0.4) is 0 Å². The molecule has 1 saturated carbocycles. The SMILES string of the molecule is C=CCN(CC1(C)CCCC1N)C(C)(C)C. The van der Waals surface area contributed by atoms with Gasteiger partial charge in [-0.3, -0.25) is 4.90 Å². The summed E-state index contributed by atoms with van der Waals surface area (Å²) in [5, 5.41) is 0. The zero-order chi connectivity index (χ0) is 12.4. The van der Waals surface area contributed by atoms with Crippen LogP contribution in [0.25, 0.3) is 0 Å². The molecule has 0 amide bonds. The lowest BCUT2D eigenvalue weighted by Gasteiger charge is -2.42. The van der Waals surface area contributed by atoms with Gasteiger partial charge in [-0.15, -0.1) is 6.58 Å². The first kappa shape index (κ1) is 13.7. The molecule has 2 N–H and O–H groups in total. The predicted octanol–water partition coefficient (Wildman–Crippen LogP) is 2.79. The fourth-order valence-electron chi connectivity index (χ4n) is 2.62. The molecule has 0 radical (unpaired) electrons. The topological polar surface area (TPSA) is 29.3 Å². The summed E-state index contributed by atoms with van der Waals surface area (Å²) in [6, 6.07) is 0.363. The molecule has 0 aromatic heterocycles. The van der Waals surface area contributed by atoms with E-state index in [2.05, 4.69) is 39.2 Å². The van der Waals surface area contributed by atoms with E-state index in [0.717, 1.165) is 13.1 Å². The third-order valence-corrected chi connectivity index (χ3v) is 4.01. The van der Waals surface area contributed by atoms with E-state index < -0.39 is 0 Å². The minimum atomic E-state index is 0.194. The van der Waals surface area contributed by atoms with E-state index in [1.54, 1.807) is 0 Å². The first-order valence-corrected chi connectivity index (χ1v) is 6.41. The van der Waals surface area contributed by atoms with Crippen LogP contribution in [0.1, 0.15) is 47.0 Å². The molecule has 1 fully saturated rings. The minimum Gasteiger partial charge on any atom is -0.327 e. The normalized spacial score (nSPS) is 31.0. The van der Waals surface area contributed by atoms with Crippen LogP contribution in [0.15, 0.2) is 12.7 Å². The molecule has 0 saturated heterocycles. The number of hydrogen-bond donors (Lipinski definition) is 1. The maximum atomic E-state index is 6.25. The van der Waals surface area contributed by atoms with Gasteiger partial charge in [-0.2, -0.15) is 0 Å². The molecule has 0 bridgehead atoms. The van der Waals surface area contributed by atoms with E-state index in [1.807, 2.05) is 6.08 Å². The number of hydrogen-bond acceptors (Lipinski definition) is 2. The zero-order valence-corrected chi connectivity index (χ0v) is 11.4. The summed E-state index contributed by atoms with van der Waals surface area (Å²) in [5.41, 5.74) is 6.73. The van der Waals surface area contributed by atoms with Crippen LogP contribution < -0.4 is 5.73 Å². The average Bonchev–Trinajstić information content (AvgIpc) is 2.45. The van der Waals surface area contributed by atoms with Gasteiger partial charge in [-0.1, -0.05) is 19.4 Å². The Hall–Kier alpha value is -0.340. The van der Waals surface area contributed by atoms with Gasteiger partial charge in [-0.25, -0.2) is 0 Å². The zero-order valence-electron chi connectivity index (χ0n) is 11.4. The van der Waals surface area contributed by atoms with Crippen LogP contribution in [-0.2, 0) is 0 Å². The molecule has 0 aromatic carbocycles. The van der Waals surface area contributed by atoms with Crippen molar-refractivity contribution in [1.29, 1.82) is 0 Å². The van der Waals surface area contributed by atoms with Crippen molar-refractivity contribution in [2.75, 3.05) is 13.1 Å². The fraction of sp³-hybridized carbons (Fsp3) is 0.857. The standard InChI is InChI=1S/C14H28N2/c1-6-10-16(13(2,3)4)11-14(5)9-7-8-12(14)15/h6,12H,1,7-11,15H2,2-5H3. The van der Waals surface area contributed by atoms with Crippen molar-refractivity contribution in [3.8, 4) is 0 Å². The van der Waals surface area contributed by atoms with Gasteiger partial charge in [0.05, 0.1) is 0 Å². The Balaban J connectivity index is 2.71. The predicted molar refractivity (Wildman–Crippen MR) is 71.5 cm³/mol. The Morgan fingerprint density at radius 2 is 2.12 bits per heavy atom. The third-order valence-electron chi connectivity index (χ3n) is 4.01. The lowest BCUT2D eigenvalue weighted by Crippen LogP contribution is -2.50. The van der Waals surface area contributed by atoms with Crippen LogP contribution in [0.4, 0.5) is 0 Å². The van der Waals surface area contributed by atoms with Crippen LogP contribution in [0, 0.1) is 5.41 Å². The molecule has 94 valence electrons. The first-order chi connectivity index (χ1) is 7.29. The molecule has 0 aliphatic heterocycles. The second-order valence-electron chi connectivity index (χ2n) is 6.49. The summed E-state index contributed by atoms with van der Waals surface area (Å²) >= 11 is 0. The molecular formula is C14H28N2. The van der Waals surface area contributed by atoms with Crippen LogP contribution in [0.2, 0.25) is 0 Å². The summed E-state index contributed by atoms with van der Waals surface area (Å²) in [6.45, 7) is 15.0. The second-order valence-corrected chi connectivity index (χ2v) is 6.49. The summed E-state index contributed by atoms with van der Waals surface area (Å²) in [5.74, 6) is 0. The monoisotopic (exact) mass is 224 g/mol. The maximum absolute atomic E-state index is 6.25. The minimum absolute atomic E-state index is 0.194. The highest BCUT2D eigenvalue weighted by Crippen LogP contribution is 2.38. The highest BCUT2D eigenvalue weighted by molar-refractivity contribution is 4.96. The largest absolute Gasteiger partial charge is 0.327 e. The van der Waals surface area contributed by atoms with Crippen LogP contribution in [0.5, 0.6) is 0 Å². The molecule has 1 rings (SSSR count). The maximum Gasteiger partial charge on any atom is 0.0166 e. The van der Waals surface area contributed by atoms with Crippen molar-refractivity contribution < 1.29 is 0 Å². The molecule has 16 heavy (non-hydrogen) atoms.